The number of carbonyl (C=O) groups excluding carboxylic acids is 2. The predicted molar refractivity (Wildman–Crippen MR) is 170 cm³/mol. The summed E-state index contributed by atoms with van der Waals surface area (Å²) in [6.07, 6.45) is 0. The van der Waals surface area contributed by atoms with Gasteiger partial charge in [-0.2, -0.15) is 0 Å². The van der Waals surface area contributed by atoms with E-state index in [1.54, 1.807) is 31.2 Å². The molecular formula is C34H26FN3O4S2. The molecule has 0 bridgehead atoms. The lowest BCUT2D eigenvalue weighted by Gasteiger charge is -2.23. The van der Waals surface area contributed by atoms with Crippen molar-refractivity contribution in [1.82, 2.24) is 10.2 Å². The van der Waals surface area contributed by atoms with Crippen molar-refractivity contribution in [3.05, 3.63) is 136 Å². The molecular weight excluding hydrogens is 598 g/mol. The van der Waals surface area contributed by atoms with Crippen molar-refractivity contribution in [2.75, 3.05) is 4.90 Å². The van der Waals surface area contributed by atoms with Crippen LogP contribution in [0.5, 0.6) is 11.5 Å². The van der Waals surface area contributed by atoms with Crippen LogP contribution in [0.4, 0.5) is 9.52 Å². The molecule has 1 aliphatic rings. The number of aromatic nitrogens is 2. The van der Waals surface area contributed by atoms with Crippen molar-refractivity contribution in [3.63, 3.8) is 0 Å². The number of thioether (sulfide) groups is 1. The molecule has 1 saturated heterocycles. The van der Waals surface area contributed by atoms with E-state index in [2.05, 4.69) is 10.2 Å². The zero-order valence-electron chi connectivity index (χ0n) is 23.7. The van der Waals surface area contributed by atoms with Crippen LogP contribution in [0.25, 0.3) is 5.76 Å². The predicted octanol–water partition coefficient (Wildman–Crippen LogP) is 8.00. The first-order valence-electron chi connectivity index (χ1n) is 13.7. The van der Waals surface area contributed by atoms with Crippen LogP contribution in [0.15, 0.2) is 107 Å². The van der Waals surface area contributed by atoms with E-state index in [9.17, 15) is 19.1 Å². The number of aliphatic hydroxyl groups excluding tert-OH is 1. The minimum atomic E-state index is -1.07. The van der Waals surface area contributed by atoms with E-state index in [-0.39, 0.29) is 16.3 Å². The number of rotatable bonds is 8. The van der Waals surface area contributed by atoms with Gasteiger partial charge < -0.3 is 9.84 Å². The normalized spacial score (nSPS) is 16.0. The Labute approximate surface area is 261 Å². The molecule has 2 heterocycles. The number of aliphatic hydroxyl groups is 1. The maximum absolute atomic E-state index is 14.5. The van der Waals surface area contributed by atoms with Gasteiger partial charge in [-0.05, 0) is 60.9 Å². The van der Waals surface area contributed by atoms with E-state index in [0.717, 1.165) is 11.6 Å². The van der Waals surface area contributed by atoms with Crippen molar-refractivity contribution in [3.8, 4) is 11.5 Å². The molecule has 7 nitrogen and oxygen atoms in total. The highest BCUT2D eigenvalue weighted by Gasteiger charge is 2.48. The lowest BCUT2D eigenvalue weighted by atomic mass is 9.95. The van der Waals surface area contributed by atoms with Gasteiger partial charge in [0.15, 0.2) is 4.34 Å². The molecule has 1 atom stereocenters. The first-order valence-corrected chi connectivity index (χ1v) is 15.5. The van der Waals surface area contributed by atoms with Gasteiger partial charge in [-0.1, -0.05) is 95.4 Å². The lowest BCUT2D eigenvalue weighted by molar-refractivity contribution is -0.132. The quantitative estimate of drug-likeness (QED) is 0.0616. The Balaban J connectivity index is 1.40. The van der Waals surface area contributed by atoms with E-state index < -0.39 is 29.3 Å². The first kappa shape index (κ1) is 29.3. The maximum Gasteiger partial charge on any atom is 0.301 e. The van der Waals surface area contributed by atoms with E-state index in [4.69, 9.17) is 4.74 Å². The maximum atomic E-state index is 14.5. The summed E-state index contributed by atoms with van der Waals surface area (Å²) in [7, 11) is 0. The number of Topliss-reactive ketones (excluding diaryl/α,β-unsaturated/α-hetero) is 1. The molecule has 5 aromatic rings. The number of aryl methyl sites for hydroxylation is 2. The van der Waals surface area contributed by atoms with Gasteiger partial charge in [0.05, 0.1) is 11.6 Å². The van der Waals surface area contributed by atoms with Crippen LogP contribution in [0.1, 0.15) is 33.9 Å². The fraction of sp³-hybridized carbons (Fsp3) is 0.118. The molecule has 0 spiro atoms. The van der Waals surface area contributed by atoms with Crippen molar-refractivity contribution >= 4 is 45.7 Å². The average molecular weight is 624 g/mol. The van der Waals surface area contributed by atoms with Gasteiger partial charge in [-0.15, -0.1) is 10.2 Å². The number of hydrogen-bond donors (Lipinski definition) is 1. The molecule has 1 aliphatic heterocycles. The molecule has 0 radical (unpaired) electrons. The van der Waals surface area contributed by atoms with Gasteiger partial charge in [0, 0.05) is 11.3 Å². The zero-order valence-corrected chi connectivity index (χ0v) is 25.4. The van der Waals surface area contributed by atoms with Crippen LogP contribution in [0.2, 0.25) is 0 Å². The molecule has 4 aromatic carbocycles. The van der Waals surface area contributed by atoms with Crippen molar-refractivity contribution in [2.24, 2.45) is 0 Å². The van der Waals surface area contributed by atoms with Crippen molar-refractivity contribution in [1.29, 1.82) is 0 Å². The summed E-state index contributed by atoms with van der Waals surface area (Å²) in [6.45, 7) is 3.62. The molecule has 44 heavy (non-hydrogen) atoms. The van der Waals surface area contributed by atoms with E-state index in [0.29, 0.717) is 32.7 Å². The Kier molecular flexibility index (Phi) is 8.28. The number of amides is 1. The Morgan fingerprint density at radius 3 is 2.43 bits per heavy atom. The molecule has 1 amide bonds. The van der Waals surface area contributed by atoms with E-state index in [1.807, 2.05) is 61.5 Å². The van der Waals surface area contributed by atoms with Gasteiger partial charge in [0.1, 0.15) is 23.1 Å². The fourth-order valence-electron chi connectivity index (χ4n) is 4.80. The molecule has 1 fully saturated rings. The summed E-state index contributed by atoms with van der Waals surface area (Å²) in [6, 6.07) is 27.4. The second kappa shape index (κ2) is 12.4. The molecule has 0 aliphatic carbocycles. The smallest absolute Gasteiger partial charge is 0.301 e. The van der Waals surface area contributed by atoms with Crippen molar-refractivity contribution in [2.45, 2.75) is 30.0 Å². The third-order valence-corrected chi connectivity index (χ3v) is 9.25. The summed E-state index contributed by atoms with van der Waals surface area (Å²) in [4.78, 5) is 28.4. The third kappa shape index (κ3) is 5.99. The molecule has 220 valence electrons. The van der Waals surface area contributed by atoms with Gasteiger partial charge in [-0.3, -0.25) is 14.5 Å². The minimum Gasteiger partial charge on any atom is -0.507 e. The number of ether oxygens (including phenoxy) is 1. The van der Waals surface area contributed by atoms with Gasteiger partial charge in [0.25, 0.3) is 5.78 Å². The van der Waals surface area contributed by atoms with Crippen LogP contribution in [-0.4, -0.2) is 27.0 Å². The molecule has 0 saturated carbocycles. The van der Waals surface area contributed by atoms with Crippen LogP contribution in [0, 0.1) is 19.7 Å². The standard InChI is InChI=1S/C34H26FN3O4S2/c1-20-11-14-22(15-12-20)19-43-34-37-36-33(44-34)38-29(23-7-6-10-26(17-23)42-25-8-4-3-5-9-25)28(31(40)32(38)41)30(39)24-16-13-21(2)27(35)18-24/h3-18,29,39H,19H2,1-2H3/t29-/m0/s1. The van der Waals surface area contributed by atoms with Gasteiger partial charge >= 0.3 is 5.91 Å². The summed E-state index contributed by atoms with van der Waals surface area (Å²) >= 11 is 2.64. The largest absolute Gasteiger partial charge is 0.507 e. The summed E-state index contributed by atoms with van der Waals surface area (Å²) in [5.41, 5.74) is 3.06. The second-order valence-electron chi connectivity index (χ2n) is 10.2. The molecule has 1 N–H and O–H groups in total. The van der Waals surface area contributed by atoms with E-state index in [1.165, 1.54) is 45.7 Å². The molecule has 6 rings (SSSR count). The number of halogens is 1. The van der Waals surface area contributed by atoms with Crippen molar-refractivity contribution < 1.29 is 23.8 Å². The number of para-hydroxylation sites is 1. The first-order chi connectivity index (χ1) is 21.3. The van der Waals surface area contributed by atoms with E-state index >= 15 is 0 Å². The highest BCUT2D eigenvalue weighted by molar-refractivity contribution is 8.00. The van der Waals surface area contributed by atoms with Gasteiger partial charge in [0.2, 0.25) is 5.13 Å². The Morgan fingerprint density at radius 2 is 1.68 bits per heavy atom. The third-order valence-electron chi connectivity index (χ3n) is 7.13. The number of carbonyl (C=O) groups is 2. The second-order valence-corrected chi connectivity index (χ2v) is 12.4. The van der Waals surface area contributed by atoms with Crippen LogP contribution in [-0.2, 0) is 15.3 Å². The average Bonchev–Trinajstić information content (AvgIpc) is 3.60. The Morgan fingerprint density at radius 1 is 0.932 bits per heavy atom. The lowest BCUT2D eigenvalue weighted by Crippen LogP contribution is -2.29. The summed E-state index contributed by atoms with van der Waals surface area (Å²) in [5.74, 6) is -1.09. The molecule has 0 unspecified atom stereocenters. The number of hydrogen-bond acceptors (Lipinski definition) is 8. The number of nitrogens with zero attached hydrogens (tertiary/aromatic N) is 3. The topological polar surface area (TPSA) is 92.6 Å². The Hall–Kier alpha value is -4.80. The van der Waals surface area contributed by atoms with Crippen LogP contribution < -0.4 is 9.64 Å². The molecule has 1 aromatic heterocycles. The number of ketones is 1. The number of anilines is 1. The van der Waals surface area contributed by atoms with Crippen LogP contribution in [0.3, 0.4) is 0 Å². The van der Waals surface area contributed by atoms with Gasteiger partial charge in [-0.25, -0.2) is 4.39 Å². The van der Waals surface area contributed by atoms with Crippen LogP contribution >= 0.6 is 23.1 Å². The highest BCUT2D eigenvalue weighted by atomic mass is 32.2. The summed E-state index contributed by atoms with van der Waals surface area (Å²) < 4.78 is 21.1. The SMILES string of the molecule is Cc1ccc(CSc2nnc(N3C(=O)C(=O)C(=C(O)c4ccc(C)c(F)c4)[C@@H]3c3cccc(Oc4ccccc4)c3)s2)cc1. The number of benzene rings is 4. The zero-order chi connectivity index (χ0) is 30.8. The Bertz CT molecular complexity index is 1890. The monoisotopic (exact) mass is 623 g/mol. The minimum absolute atomic E-state index is 0.0828. The fourth-order valence-corrected chi connectivity index (χ4v) is 6.62. The molecule has 10 heteroatoms. The highest BCUT2D eigenvalue weighted by Crippen LogP contribution is 2.45. The summed E-state index contributed by atoms with van der Waals surface area (Å²) in [5, 5.41) is 20.2.